The van der Waals surface area contributed by atoms with Crippen molar-refractivity contribution < 1.29 is 13.2 Å². The number of nitrogens with one attached hydrogen (secondary N) is 1. The zero-order valence-electron chi connectivity index (χ0n) is 15.1. The average Bonchev–Trinajstić information content (AvgIpc) is 3.00. The highest BCUT2D eigenvalue weighted by Gasteiger charge is 2.37. The topological polar surface area (TPSA) is 44.3 Å². The molecule has 144 valence electrons. The van der Waals surface area contributed by atoms with Crippen LogP contribution in [0.1, 0.15) is 25.3 Å². The molecule has 1 atom stereocenters. The van der Waals surface area contributed by atoms with Gasteiger partial charge in [-0.2, -0.15) is 18.2 Å². The Labute approximate surface area is 156 Å². The van der Waals surface area contributed by atoms with E-state index in [-0.39, 0.29) is 11.8 Å². The van der Waals surface area contributed by atoms with Gasteiger partial charge >= 0.3 is 6.18 Å². The van der Waals surface area contributed by atoms with E-state index in [0.717, 1.165) is 37.1 Å². The maximum absolute atomic E-state index is 13.2. The number of hydrogen-bond donors (Lipinski definition) is 1. The molecule has 27 heavy (non-hydrogen) atoms. The van der Waals surface area contributed by atoms with Crippen molar-refractivity contribution in [2.45, 2.75) is 25.9 Å². The van der Waals surface area contributed by atoms with E-state index in [2.05, 4.69) is 27.1 Å². The molecule has 0 amide bonds. The Kier molecular flexibility index (Phi) is 4.57. The fraction of sp³-hybridized carbons (Fsp3) is 0.474. The van der Waals surface area contributed by atoms with E-state index in [1.165, 1.54) is 6.42 Å². The molecule has 2 saturated heterocycles. The molecule has 2 aliphatic rings. The normalized spacial score (nSPS) is 19.9. The summed E-state index contributed by atoms with van der Waals surface area (Å²) in [6.45, 7) is 5.52. The van der Waals surface area contributed by atoms with Gasteiger partial charge in [-0.15, -0.1) is 0 Å². The van der Waals surface area contributed by atoms with E-state index in [9.17, 15) is 13.2 Å². The summed E-state index contributed by atoms with van der Waals surface area (Å²) in [4.78, 5) is 12.0. The molecule has 1 unspecified atom stereocenters. The van der Waals surface area contributed by atoms with Crippen LogP contribution in [0, 0.1) is 5.92 Å². The lowest BCUT2D eigenvalue weighted by Gasteiger charge is -2.33. The minimum absolute atomic E-state index is 0.0473. The van der Waals surface area contributed by atoms with E-state index < -0.39 is 11.7 Å². The van der Waals surface area contributed by atoms with Crippen LogP contribution in [-0.2, 0) is 6.18 Å². The van der Waals surface area contributed by atoms with Gasteiger partial charge in [0, 0.05) is 43.8 Å². The molecule has 2 aliphatic heterocycles. The van der Waals surface area contributed by atoms with Gasteiger partial charge in [0.15, 0.2) is 0 Å². The maximum Gasteiger partial charge on any atom is 0.421 e. The van der Waals surface area contributed by atoms with Crippen LogP contribution < -0.4 is 15.1 Å². The first kappa shape index (κ1) is 17.9. The minimum Gasteiger partial charge on any atom is -0.371 e. The number of hydrogen-bond acceptors (Lipinski definition) is 5. The molecule has 8 heteroatoms. The van der Waals surface area contributed by atoms with Crippen molar-refractivity contribution in [1.29, 1.82) is 0 Å². The molecule has 5 nitrogen and oxygen atoms in total. The Hall–Kier alpha value is -2.51. The quantitative estimate of drug-likeness (QED) is 0.861. The van der Waals surface area contributed by atoms with Crippen LogP contribution in [0.4, 0.5) is 36.3 Å². The summed E-state index contributed by atoms with van der Waals surface area (Å²) in [5.41, 5.74) is 1.12. The molecule has 2 fully saturated rings. The van der Waals surface area contributed by atoms with Gasteiger partial charge in [-0.1, -0.05) is 6.92 Å². The second-order valence-electron chi connectivity index (χ2n) is 7.28. The molecule has 3 heterocycles. The fourth-order valence-corrected chi connectivity index (χ4v) is 3.46. The van der Waals surface area contributed by atoms with E-state index in [1.807, 2.05) is 24.3 Å². The lowest BCUT2D eigenvalue weighted by Crippen LogP contribution is -2.39. The number of anilines is 4. The summed E-state index contributed by atoms with van der Waals surface area (Å²) in [7, 11) is 0. The first-order valence-corrected chi connectivity index (χ1v) is 9.21. The van der Waals surface area contributed by atoms with Gasteiger partial charge in [0.25, 0.3) is 0 Å². The third kappa shape index (κ3) is 3.79. The number of aromatic nitrogens is 2. The minimum atomic E-state index is -4.46. The molecule has 0 spiro atoms. The predicted molar refractivity (Wildman–Crippen MR) is 99.6 cm³/mol. The van der Waals surface area contributed by atoms with Crippen molar-refractivity contribution >= 4 is 23.1 Å². The summed E-state index contributed by atoms with van der Waals surface area (Å²) in [6.07, 6.45) is -1.53. The summed E-state index contributed by atoms with van der Waals surface area (Å²) in [5, 5.41) is 3.02. The second-order valence-corrected chi connectivity index (χ2v) is 7.28. The molecule has 0 radical (unpaired) electrons. The summed E-state index contributed by atoms with van der Waals surface area (Å²) < 4.78 is 39.6. The number of halogens is 3. The van der Waals surface area contributed by atoms with Gasteiger partial charge < -0.3 is 15.1 Å². The fourth-order valence-electron chi connectivity index (χ4n) is 3.46. The van der Waals surface area contributed by atoms with E-state index in [4.69, 9.17) is 0 Å². The lowest BCUT2D eigenvalue weighted by molar-refractivity contribution is -0.137. The largest absolute Gasteiger partial charge is 0.421 e. The molecule has 1 aromatic carbocycles. The third-order valence-corrected chi connectivity index (χ3v) is 5.14. The molecule has 0 bridgehead atoms. The molecule has 1 aromatic heterocycles. The van der Waals surface area contributed by atoms with Crippen LogP contribution in [0.2, 0.25) is 0 Å². The van der Waals surface area contributed by atoms with E-state index in [1.54, 1.807) is 4.90 Å². The Morgan fingerprint density at radius 2 is 1.81 bits per heavy atom. The smallest absolute Gasteiger partial charge is 0.371 e. The van der Waals surface area contributed by atoms with Crippen LogP contribution in [0.5, 0.6) is 0 Å². The number of rotatable bonds is 4. The first-order valence-electron chi connectivity index (χ1n) is 9.21. The second kappa shape index (κ2) is 6.90. The van der Waals surface area contributed by atoms with Crippen molar-refractivity contribution in [1.82, 2.24) is 9.97 Å². The maximum atomic E-state index is 13.2. The average molecular weight is 377 g/mol. The van der Waals surface area contributed by atoms with Crippen molar-refractivity contribution in [3.63, 3.8) is 0 Å². The molecule has 2 aromatic rings. The molecule has 0 saturated carbocycles. The molecule has 1 N–H and O–H groups in total. The Morgan fingerprint density at radius 1 is 1.07 bits per heavy atom. The van der Waals surface area contributed by atoms with E-state index >= 15 is 0 Å². The van der Waals surface area contributed by atoms with Crippen LogP contribution in [0.3, 0.4) is 0 Å². The zero-order valence-corrected chi connectivity index (χ0v) is 15.1. The van der Waals surface area contributed by atoms with Crippen LogP contribution in [0.25, 0.3) is 0 Å². The highest BCUT2D eigenvalue weighted by Crippen LogP contribution is 2.37. The van der Waals surface area contributed by atoms with Gasteiger partial charge in [0.1, 0.15) is 11.4 Å². The van der Waals surface area contributed by atoms with Crippen LogP contribution in [-0.4, -0.2) is 36.1 Å². The van der Waals surface area contributed by atoms with Gasteiger partial charge in [-0.25, -0.2) is 4.98 Å². The highest BCUT2D eigenvalue weighted by atomic mass is 19.4. The van der Waals surface area contributed by atoms with Crippen LogP contribution in [0.15, 0.2) is 30.5 Å². The van der Waals surface area contributed by atoms with Gasteiger partial charge in [-0.05, 0) is 43.0 Å². The SMILES string of the molecule is CC1CCN(c2ccc(Nc3ncc(C(F)(F)F)c(N4CCC4)n3)cc2)C1. The van der Waals surface area contributed by atoms with Crippen molar-refractivity contribution in [2.75, 3.05) is 41.3 Å². The van der Waals surface area contributed by atoms with E-state index in [0.29, 0.717) is 19.0 Å². The summed E-state index contributed by atoms with van der Waals surface area (Å²) in [5.74, 6) is 0.824. The Morgan fingerprint density at radius 3 is 2.37 bits per heavy atom. The summed E-state index contributed by atoms with van der Waals surface area (Å²) >= 11 is 0. The van der Waals surface area contributed by atoms with Crippen LogP contribution >= 0.6 is 0 Å². The lowest BCUT2D eigenvalue weighted by atomic mass is 10.2. The standard InChI is InChI=1S/C19H22F3N5/c1-13-7-10-27(12-13)15-5-3-14(4-6-15)24-18-23-11-16(19(20,21)22)17(25-18)26-8-2-9-26/h3-6,11,13H,2,7-10,12H2,1H3,(H,23,24,25). The van der Waals surface area contributed by atoms with Crippen molar-refractivity contribution in [3.05, 3.63) is 36.0 Å². The Balaban J connectivity index is 1.52. The molecular formula is C19H22F3N5. The molecular weight excluding hydrogens is 355 g/mol. The zero-order chi connectivity index (χ0) is 19.0. The number of nitrogens with zero attached hydrogens (tertiary/aromatic N) is 4. The van der Waals surface area contributed by atoms with Crippen molar-refractivity contribution in [3.8, 4) is 0 Å². The van der Waals surface area contributed by atoms with Gasteiger partial charge in [0.2, 0.25) is 5.95 Å². The monoisotopic (exact) mass is 377 g/mol. The number of alkyl halides is 3. The first-order chi connectivity index (χ1) is 12.9. The molecule has 0 aliphatic carbocycles. The number of benzene rings is 1. The van der Waals surface area contributed by atoms with Gasteiger partial charge in [-0.3, -0.25) is 0 Å². The highest BCUT2D eigenvalue weighted by molar-refractivity contribution is 5.61. The Bertz CT molecular complexity index is 802. The predicted octanol–water partition coefficient (Wildman–Crippen LogP) is 4.30. The third-order valence-electron chi connectivity index (χ3n) is 5.14. The van der Waals surface area contributed by atoms with Gasteiger partial charge in [0.05, 0.1) is 0 Å². The summed E-state index contributed by atoms with van der Waals surface area (Å²) in [6, 6.07) is 7.84. The van der Waals surface area contributed by atoms with Crippen molar-refractivity contribution in [2.24, 2.45) is 5.92 Å². The molecule has 4 rings (SSSR count).